The lowest BCUT2D eigenvalue weighted by molar-refractivity contribution is -0.0136. The lowest BCUT2D eigenvalue weighted by Crippen LogP contribution is -2.42. The molecule has 0 amide bonds. The summed E-state index contributed by atoms with van der Waals surface area (Å²) in [5, 5.41) is 17.7. The van der Waals surface area contributed by atoms with Crippen LogP contribution in [0.3, 0.4) is 0 Å². The molecule has 1 saturated carbocycles. The van der Waals surface area contributed by atoms with Crippen molar-refractivity contribution < 1.29 is 14.2 Å². The first-order chi connectivity index (χ1) is 11.6. The zero-order chi connectivity index (χ0) is 16.7. The van der Waals surface area contributed by atoms with Crippen LogP contribution >= 0.6 is 15.9 Å². The van der Waals surface area contributed by atoms with Gasteiger partial charge in [-0.1, -0.05) is 12.8 Å². The highest BCUT2D eigenvalue weighted by Gasteiger charge is 2.28. The van der Waals surface area contributed by atoms with Crippen molar-refractivity contribution in [1.82, 2.24) is 14.6 Å². The Kier molecular flexibility index (Phi) is 4.44. The average Bonchev–Trinajstić information content (AvgIpc) is 3.18. The molecule has 0 aromatic carbocycles. The lowest BCUT2D eigenvalue weighted by Gasteiger charge is -2.28. The Labute approximate surface area is 147 Å². The Morgan fingerprint density at radius 3 is 2.88 bits per heavy atom. The maximum absolute atomic E-state index is 14.5. The van der Waals surface area contributed by atoms with Crippen LogP contribution in [0.25, 0.3) is 5.52 Å². The van der Waals surface area contributed by atoms with Crippen LogP contribution in [-0.2, 0) is 4.74 Å². The summed E-state index contributed by atoms with van der Waals surface area (Å²) < 4.78 is 21.9. The van der Waals surface area contributed by atoms with E-state index in [1.807, 2.05) is 0 Å². The van der Waals surface area contributed by atoms with Gasteiger partial charge in [0.15, 0.2) is 5.82 Å². The highest BCUT2D eigenvalue weighted by Crippen LogP contribution is 2.40. The van der Waals surface area contributed by atoms with Gasteiger partial charge in [0, 0.05) is 12.5 Å². The van der Waals surface area contributed by atoms with Gasteiger partial charge in [-0.2, -0.15) is 0 Å². The highest BCUT2D eigenvalue weighted by atomic mass is 79.9. The topological polar surface area (TPSA) is 71.7 Å². The Hall–Kier alpha value is -1.25. The molecule has 8 heteroatoms. The van der Waals surface area contributed by atoms with Crippen LogP contribution in [-0.4, -0.2) is 45.1 Å². The van der Waals surface area contributed by atoms with Gasteiger partial charge in [-0.15, -0.1) is 5.10 Å². The molecule has 2 N–H and O–H groups in total. The second-order valence-corrected chi connectivity index (χ2v) is 7.35. The van der Waals surface area contributed by atoms with Crippen molar-refractivity contribution in [3.63, 3.8) is 0 Å². The Morgan fingerprint density at radius 2 is 2.12 bits per heavy atom. The molecule has 2 aliphatic rings. The van der Waals surface area contributed by atoms with Crippen LogP contribution in [0.1, 0.15) is 43.7 Å². The molecule has 2 atom stereocenters. The van der Waals surface area contributed by atoms with E-state index >= 15 is 0 Å². The van der Waals surface area contributed by atoms with Gasteiger partial charge in [-0.25, -0.2) is 13.9 Å². The van der Waals surface area contributed by atoms with Gasteiger partial charge in [-0.05, 0) is 35.2 Å². The van der Waals surface area contributed by atoms with Gasteiger partial charge in [-0.3, -0.25) is 0 Å². The van der Waals surface area contributed by atoms with Crippen LogP contribution in [0.2, 0.25) is 0 Å². The van der Waals surface area contributed by atoms with Crippen molar-refractivity contribution in [2.75, 3.05) is 18.5 Å². The van der Waals surface area contributed by atoms with E-state index in [2.05, 4.69) is 31.3 Å². The summed E-state index contributed by atoms with van der Waals surface area (Å²) in [5.74, 6) is 0.401. The first-order valence-corrected chi connectivity index (χ1v) is 9.19. The SMILES string of the molecule is O[C@@H]1COCC[C@H]1Nc1ncc2c(F)c(Br)c(C3CCCC3)n2n1. The molecule has 2 aromatic rings. The summed E-state index contributed by atoms with van der Waals surface area (Å²) in [5.41, 5.74) is 1.26. The molecule has 1 aliphatic heterocycles. The van der Waals surface area contributed by atoms with Crippen LogP contribution in [0, 0.1) is 5.82 Å². The minimum Gasteiger partial charge on any atom is -0.389 e. The lowest BCUT2D eigenvalue weighted by atomic mass is 10.0. The Morgan fingerprint density at radius 1 is 1.33 bits per heavy atom. The number of fused-ring (bicyclic) bond motifs is 1. The third-order valence-electron chi connectivity index (χ3n) is 4.99. The number of halogens is 2. The summed E-state index contributed by atoms with van der Waals surface area (Å²) in [6, 6.07) is -0.157. The molecule has 0 radical (unpaired) electrons. The smallest absolute Gasteiger partial charge is 0.241 e. The van der Waals surface area contributed by atoms with E-state index in [9.17, 15) is 9.50 Å². The molecule has 6 nitrogen and oxygen atoms in total. The number of rotatable bonds is 3. The first-order valence-electron chi connectivity index (χ1n) is 8.40. The van der Waals surface area contributed by atoms with Crippen LogP contribution in [0.15, 0.2) is 10.7 Å². The van der Waals surface area contributed by atoms with Crippen molar-refractivity contribution in [3.8, 4) is 0 Å². The molecule has 2 aromatic heterocycles. The van der Waals surface area contributed by atoms with E-state index in [0.29, 0.717) is 41.5 Å². The number of ether oxygens (including phenoxy) is 1. The fourth-order valence-electron chi connectivity index (χ4n) is 3.68. The van der Waals surface area contributed by atoms with E-state index < -0.39 is 6.10 Å². The van der Waals surface area contributed by atoms with Gasteiger partial charge < -0.3 is 15.2 Å². The number of aliphatic hydroxyl groups is 1. The fourth-order valence-corrected chi connectivity index (χ4v) is 4.37. The van der Waals surface area contributed by atoms with Crippen LogP contribution in [0.4, 0.5) is 10.3 Å². The molecule has 130 valence electrons. The predicted molar refractivity (Wildman–Crippen MR) is 90.7 cm³/mol. The zero-order valence-electron chi connectivity index (χ0n) is 13.2. The third-order valence-corrected chi connectivity index (χ3v) is 5.74. The normalized spacial score (nSPS) is 25.5. The fraction of sp³-hybridized carbons (Fsp3) is 0.625. The molecule has 0 spiro atoms. The standard InChI is InChI=1S/C16H20BrFN4O2/c17-13-14(18)11-7-19-16(20-10-5-6-24-8-12(10)23)21-22(11)15(13)9-3-1-2-4-9/h7,9-10,12,23H,1-6,8H2,(H,20,21)/t10-,12-/m1/s1. The Bertz CT molecular complexity index is 747. The minimum atomic E-state index is -0.597. The average molecular weight is 399 g/mol. The van der Waals surface area contributed by atoms with E-state index in [1.54, 1.807) is 4.52 Å². The third kappa shape index (κ3) is 2.80. The first kappa shape index (κ1) is 16.2. The molecular weight excluding hydrogens is 379 g/mol. The van der Waals surface area contributed by atoms with Crippen molar-refractivity contribution in [1.29, 1.82) is 0 Å². The molecular formula is C16H20BrFN4O2. The molecule has 3 heterocycles. The van der Waals surface area contributed by atoms with Gasteiger partial charge in [0.1, 0.15) is 5.52 Å². The van der Waals surface area contributed by atoms with E-state index in [0.717, 1.165) is 31.4 Å². The second kappa shape index (κ2) is 6.57. The molecule has 2 fully saturated rings. The predicted octanol–water partition coefficient (Wildman–Crippen LogP) is 2.85. The summed E-state index contributed by atoms with van der Waals surface area (Å²) in [6.07, 6.45) is 6.01. The largest absolute Gasteiger partial charge is 0.389 e. The zero-order valence-corrected chi connectivity index (χ0v) is 14.8. The van der Waals surface area contributed by atoms with Crippen LogP contribution < -0.4 is 5.32 Å². The van der Waals surface area contributed by atoms with Gasteiger partial charge in [0.2, 0.25) is 5.95 Å². The van der Waals surface area contributed by atoms with Crippen molar-refractivity contribution in [2.24, 2.45) is 0 Å². The number of hydrogen-bond acceptors (Lipinski definition) is 5. The van der Waals surface area contributed by atoms with Gasteiger partial charge in [0.05, 0.1) is 35.1 Å². The quantitative estimate of drug-likeness (QED) is 0.831. The number of anilines is 1. The summed E-state index contributed by atoms with van der Waals surface area (Å²) in [6.45, 7) is 0.894. The number of aliphatic hydroxyl groups excluding tert-OH is 1. The minimum absolute atomic E-state index is 0.157. The van der Waals surface area contributed by atoms with E-state index in [-0.39, 0.29) is 11.9 Å². The van der Waals surface area contributed by atoms with Gasteiger partial charge >= 0.3 is 0 Å². The van der Waals surface area contributed by atoms with Crippen LogP contribution in [0.5, 0.6) is 0 Å². The highest BCUT2D eigenvalue weighted by molar-refractivity contribution is 9.10. The number of aromatic nitrogens is 3. The maximum atomic E-state index is 14.5. The van der Waals surface area contributed by atoms with Crippen molar-refractivity contribution >= 4 is 27.4 Å². The summed E-state index contributed by atoms with van der Waals surface area (Å²) >= 11 is 3.40. The molecule has 0 bridgehead atoms. The van der Waals surface area contributed by atoms with E-state index in [1.165, 1.54) is 6.20 Å². The molecule has 4 rings (SSSR count). The number of hydrogen-bond donors (Lipinski definition) is 2. The van der Waals surface area contributed by atoms with Gasteiger partial charge in [0.25, 0.3) is 0 Å². The maximum Gasteiger partial charge on any atom is 0.241 e. The summed E-state index contributed by atoms with van der Waals surface area (Å²) in [7, 11) is 0. The molecule has 1 aliphatic carbocycles. The number of nitrogens with one attached hydrogen (secondary N) is 1. The second-order valence-electron chi connectivity index (χ2n) is 6.56. The molecule has 1 saturated heterocycles. The van der Waals surface area contributed by atoms with E-state index in [4.69, 9.17) is 4.74 Å². The molecule has 0 unspecified atom stereocenters. The molecule has 24 heavy (non-hydrogen) atoms. The number of nitrogens with zero attached hydrogens (tertiary/aromatic N) is 3. The summed E-state index contributed by atoms with van der Waals surface area (Å²) in [4.78, 5) is 4.22. The Balaban J connectivity index is 1.69. The van der Waals surface area contributed by atoms with Crippen molar-refractivity contribution in [2.45, 2.75) is 50.2 Å². The van der Waals surface area contributed by atoms with Crippen molar-refractivity contribution in [3.05, 3.63) is 22.2 Å². The monoisotopic (exact) mass is 398 g/mol.